The van der Waals surface area contributed by atoms with Crippen LogP contribution in [0.25, 0.3) is 10.9 Å². The zero-order valence-corrected chi connectivity index (χ0v) is 11.8. The van der Waals surface area contributed by atoms with Crippen LogP contribution in [0, 0.1) is 5.82 Å². The van der Waals surface area contributed by atoms with E-state index in [0.29, 0.717) is 0 Å². The molecule has 3 heteroatoms. The van der Waals surface area contributed by atoms with Gasteiger partial charge in [0.1, 0.15) is 5.82 Å². The Morgan fingerprint density at radius 3 is 2.74 bits per heavy atom. The lowest BCUT2D eigenvalue weighted by atomic mass is 9.99. The molecule has 1 aromatic heterocycles. The molecule has 0 aliphatic rings. The van der Waals surface area contributed by atoms with Gasteiger partial charge >= 0.3 is 0 Å². The monoisotopic (exact) mass is 260 g/mol. The first kappa shape index (κ1) is 13.8. The summed E-state index contributed by atoms with van der Waals surface area (Å²) in [4.78, 5) is 3.15. The molecule has 0 fully saturated rings. The van der Waals surface area contributed by atoms with Crippen molar-refractivity contribution in [3.8, 4) is 0 Å². The third kappa shape index (κ3) is 3.24. The summed E-state index contributed by atoms with van der Waals surface area (Å²) < 4.78 is 13.6. The number of allylic oxidation sites excluding steroid dienone is 2. The van der Waals surface area contributed by atoms with Gasteiger partial charge in [0.05, 0.1) is 0 Å². The standard InChI is InChI=1S/C16H21FN2/c1-10(2)4-5-12-7-14(17)8-15-16(12)13(9-19-15)6-11(3)18/h4,7-9,11,19H,5-6,18H2,1-3H3. The summed E-state index contributed by atoms with van der Waals surface area (Å²) in [7, 11) is 0. The average Bonchev–Trinajstić information content (AvgIpc) is 2.68. The smallest absolute Gasteiger partial charge is 0.125 e. The second-order valence-electron chi connectivity index (χ2n) is 5.47. The predicted octanol–water partition coefficient (Wildman–Crippen LogP) is 3.71. The van der Waals surface area contributed by atoms with Gasteiger partial charge in [0.15, 0.2) is 0 Å². The van der Waals surface area contributed by atoms with Crippen LogP contribution in [0.5, 0.6) is 0 Å². The molecular weight excluding hydrogens is 239 g/mol. The van der Waals surface area contributed by atoms with Crippen LogP contribution in [-0.4, -0.2) is 11.0 Å². The Bertz CT molecular complexity index is 604. The highest BCUT2D eigenvalue weighted by Crippen LogP contribution is 2.26. The summed E-state index contributed by atoms with van der Waals surface area (Å²) in [6.07, 6.45) is 5.62. The molecule has 0 amide bonds. The van der Waals surface area contributed by atoms with Gasteiger partial charge in [-0.25, -0.2) is 4.39 Å². The predicted molar refractivity (Wildman–Crippen MR) is 78.7 cm³/mol. The van der Waals surface area contributed by atoms with E-state index in [1.54, 1.807) is 12.1 Å². The highest BCUT2D eigenvalue weighted by Gasteiger charge is 2.11. The van der Waals surface area contributed by atoms with Gasteiger partial charge in [0.25, 0.3) is 0 Å². The van der Waals surface area contributed by atoms with Crippen molar-refractivity contribution in [2.24, 2.45) is 5.73 Å². The molecule has 0 saturated heterocycles. The average molecular weight is 260 g/mol. The third-order valence-electron chi connectivity index (χ3n) is 3.18. The van der Waals surface area contributed by atoms with E-state index in [0.717, 1.165) is 29.3 Å². The fourth-order valence-corrected chi connectivity index (χ4v) is 2.38. The van der Waals surface area contributed by atoms with Crippen molar-refractivity contribution >= 4 is 10.9 Å². The number of fused-ring (bicyclic) bond motifs is 1. The Kier molecular flexibility index (Phi) is 4.05. The van der Waals surface area contributed by atoms with Gasteiger partial charge < -0.3 is 10.7 Å². The molecule has 0 aliphatic heterocycles. The van der Waals surface area contributed by atoms with Crippen molar-refractivity contribution in [1.82, 2.24) is 4.98 Å². The lowest BCUT2D eigenvalue weighted by molar-refractivity contribution is 0.628. The summed E-state index contributed by atoms with van der Waals surface area (Å²) in [5, 5.41) is 1.12. The summed E-state index contributed by atoms with van der Waals surface area (Å²) in [6, 6.07) is 3.27. The van der Waals surface area contributed by atoms with Crippen LogP contribution >= 0.6 is 0 Å². The van der Waals surface area contributed by atoms with Crippen LogP contribution in [-0.2, 0) is 12.8 Å². The van der Waals surface area contributed by atoms with Crippen LogP contribution in [0.2, 0.25) is 0 Å². The maximum absolute atomic E-state index is 13.6. The molecule has 1 unspecified atom stereocenters. The van der Waals surface area contributed by atoms with Crippen molar-refractivity contribution < 1.29 is 4.39 Å². The SMILES string of the molecule is CC(C)=CCc1cc(F)cc2[nH]cc(CC(C)N)c12. The number of halogens is 1. The lowest BCUT2D eigenvalue weighted by Gasteiger charge is -2.07. The molecule has 2 rings (SSSR count). The molecule has 3 N–H and O–H groups in total. The molecule has 0 spiro atoms. The molecule has 0 radical (unpaired) electrons. The molecule has 0 bridgehead atoms. The molecule has 0 saturated carbocycles. The first-order chi connectivity index (χ1) is 8.97. The number of benzene rings is 1. The number of nitrogens with one attached hydrogen (secondary N) is 1. The van der Waals surface area contributed by atoms with Crippen molar-refractivity contribution in [3.63, 3.8) is 0 Å². The van der Waals surface area contributed by atoms with Gasteiger partial charge in [-0.2, -0.15) is 0 Å². The number of aromatic nitrogens is 1. The Morgan fingerprint density at radius 2 is 2.11 bits per heavy atom. The Morgan fingerprint density at radius 1 is 1.37 bits per heavy atom. The number of nitrogens with two attached hydrogens (primary N) is 1. The fourth-order valence-electron chi connectivity index (χ4n) is 2.38. The molecule has 1 heterocycles. The molecule has 102 valence electrons. The maximum atomic E-state index is 13.6. The lowest BCUT2D eigenvalue weighted by Crippen LogP contribution is -2.17. The van der Waals surface area contributed by atoms with E-state index < -0.39 is 0 Å². The van der Waals surface area contributed by atoms with E-state index in [2.05, 4.69) is 24.9 Å². The number of rotatable bonds is 4. The molecule has 0 aliphatic carbocycles. The molecule has 2 nitrogen and oxygen atoms in total. The highest BCUT2D eigenvalue weighted by atomic mass is 19.1. The molecule has 19 heavy (non-hydrogen) atoms. The maximum Gasteiger partial charge on any atom is 0.125 e. The minimum atomic E-state index is -0.196. The third-order valence-corrected chi connectivity index (χ3v) is 3.18. The molecule has 1 atom stereocenters. The second kappa shape index (κ2) is 5.57. The van der Waals surface area contributed by atoms with E-state index in [1.807, 2.05) is 13.1 Å². The number of hydrogen-bond acceptors (Lipinski definition) is 1. The Balaban J connectivity index is 2.52. The minimum absolute atomic E-state index is 0.0976. The summed E-state index contributed by atoms with van der Waals surface area (Å²) >= 11 is 0. The van der Waals surface area contributed by atoms with E-state index in [-0.39, 0.29) is 11.9 Å². The van der Waals surface area contributed by atoms with E-state index in [9.17, 15) is 4.39 Å². The topological polar surface area (TPSA) is 41.8 Å². The van der Waals surface area contributed by atoms with Gasteiger partial charge in [0, 0.05) is 23.1 Å². The van der Waals surface area contributed by atoms with Gasteiger partial charge in [-0.15, -0.1) is 0 Å². The first-order valence-corrected chi connectivity index (χ1v) is 6.64. The zero-order chi connectivity index (χ0) is 14.0. The quantitative estimate of drug-likeness (QED) is 0.809. The van der Waals surface area contributed by atoms with Crippen molar-refractivity contribution in [2.75, 3.05) is 0 Å². The Labute approximate surface area is 113 Å². The van der Waals surface area contributed by atoms with Crippen LogP contribution in [0.4, 0.5) is 4.39 Å². The van der Waals surface area contributed by atoms with Crippen molar-refractivity contribution in [1.29, 1.82) is 0 Å². The minimum Gasteiger partial charge on any atom is -0.361 e. The van der Waals surface area contributed by atoms with Crippen LogP contribution in [0.3, 0.4) is 0 Å². The summed E-state index contributed by atoms with van der Waals surface area (Å²) in [5.74, 6) is -0.196. The summed E-state index contributed by atoms with van der Waals surface area (Å²) in [6.45, 7) is 6.09. The van der Waals surface area contributed by atoms with Gasteiger partial charge in [-0.1, -0.05) is 11.6 Å². The van der Waals surface area contributed by atoms with E-state index in [4.69, 9.17) is 5.73 Å². The molecular formula is C16H21FN2. The van der Waals surface area contributed by atoms with Crippen molar-refractivity contribution in [2.45, 2.75) is 39.7 Å². The zero-order valence-electron chi connectivity index (χ0n) is 11.8. The van der Waals surface area contributed by atoms with Crippen LogP contribution in [0.15, 0.2) is 30.0 Å². The number of H-pyrrole nitrogens is 1. The molecule has 2 aromatic rings. The van der Waals surface area contributed by atoms with Gasteiger partial charge in [-0.05, 0) is 56.9 Å². The summed E-state index contributed by atoms with van der Waals surface area (Å²) in [5.41, 5.74) is 10.2. The number of aromatic amines is 1. The fraction of sp³-hybridized carbons (Fsp3) is 0.375. The largest absolute Gasteiger partial charge is 0.361 e. The first-order valence-electron chi connectivity index (χ1n) is 6.64. The Hall–Kier alpha value is -1.61. The number of hydrogen-bond donors (Lipinski definition) is 2. The van der Waals surface area contributed by atoms with E-state index in [1.165, 1.54) is 11.1 Å². The van der Waals surface area contributed by atoms with Crippen LogP contribution in [0.1, 0.15) is 31.9 Å². The van der Waals surface area contributed by atoms with E-state index >= 15 is 0 Å². The van der Waals surface area contributed by atoms with Crippen molar-refractivity contribution in [3.05, 3.63) is 46.9 Å². The normalized spacial score (nSPS) is 12.7. The molecule has 1 aromatic carbocycles. The second-order valence-corrected chi connectivity index (χ2v) is 5.47. The van der Waals surface area contributed by atoms with Gasteiger partial charge in [0.2, 0.25) is 0 Å². The van der Waals surface area contributed by atoms with Crippen LogP contribution < -0.4 is 5.73 Å². The van der Waals surface area contributed by atoms with Gasteiger partial charge in [-0.3, -0.25) is 0 Å². The highest BCUT2D eigenvalue weighted by molar-refractivity contribution is 5.87.